The highest BCUT2D eigenvalue weighted by Gasteiger charge is 2.31. The van der Waals surface area contributed by atoms with Gasteiger partial charge in [-0.25, -0.2) is 0 Å². The maximum absolute atomic E-state index is 8.58. The molecule has 1 aliphatic heterocycles. The van der Waals surface area contributed by atoms with Crippen LogP contribution in [0.5, 0.6) is 0 Å². The summed E-state index contributed by atoms with van der Waals surface area (Å²) in [5, 5.41) is 0. The standard InChI is InChI=1S/C21H31N.CH3NO/c1-6-11-18(9-4)15-22-16-20(10-5)21(17-22)14-19(12-7-2)13-8-3;2-1-3/h6-9,11-13,20-21H,1-2,4,10,14-17H2,3,5H3;1H,(H2,2,3)/b13-8-,18-11+,19-12+;. The predicted octanol–water partition coefficient (Wildman–Crippen LogP) is 4.42. The maximum atomic E-state index is 8.58. The minimum absolute atomic E-state index is 0.250. The van der Waals surface area contributed by atoms with Crippen molar-refractivity contribution in [3.05, 3.63) is 73.4 Å². The lowest BCUT2D eigenvalue weighted by Crippen LogP contribution is -2.23. The van der Waals surface area contributed by atoms with Crippen LogP contribution in [0.2, 0.25) is 0 Å². The Morgan fingerprint density at radius 1 is 1.12 bits per heavy atom. The smallest absolute Gasteiger partial charge is 0.204 e. The quantitative estimate of drug-likeness (QED) is 0.498. The van der Waals surface area contributed by atoms with Crippen LogP contribution in [0, 0.1) is 11.8 Å². The number of carbonyl (C=O) groups is 1. The molecular weight excluding hydrogens is 308 g/mol. The minimum atomic E-state index is 0.250. The van der Waals surface area contributed by atoms with Crippen LogP contribution < -0.4 is 5.73 Å². The van der Waals surface area contributed by atoms with Crippen molar-refractivity contribution in [2.24, 2.45) is 17.6 Å². The van der Waals surface area contributed by atoms with Gasteiger partial charge >= 0.3 is 0 Å². The molecule has 138 valence electrons. The summed E-state index contributed by atoms with van der Waals surface area (Å²) in [6.45, 7) is 19.2. The molecule has 0 spiro atoms. The van der Waals surface area contributed by atoms with Gasteiger partial charge in [0.25, 0.3) is 0 Å². The van der Waals surface area contributed by atoms with Crippen molar-refractivity contribution in [3.63, 3.8) is 0 Å². The molecule has 2 N–H and O–H groups in total. The SMILES string of the molecule is C=C/C=C(\C=C/C)CC1CN(C/C(C=C)=C/C=C)CC1CC.NC=O. The van der Waals surface area contributed by atoms with Crippen molar-refractivity contribution in [3.8, 4) is 0 Å². The summed E-state index contributed by atoms with van der Waals surface area (Å²) in [5.41, 5.74) is 6.80. The van der Waals surface area contributed by atoms with Gasteiger partial charge in [0, 0.05) is 19.6 Å². The number of carbonyl (C=O) groups excluding carboxylic acids is 1. The molecule has 3 heteroatoms. The fourth-order valence-electron chi connectivity index (χ4n) is 3.31. The van der Waals surface area contributed by atoms with Crippen LogP contribution in [-0.2, 0) is 4.79 Å². The van der Waals surface area contributed by atoms with Gasteiger partial charge in [0.05, 0.1) is 0 Å². The van der Waals surface area contributed by atoms with Crippen molar-refractivity contribution >= 4 is 6.41 Å². The van der Waals surface area contributed by atoms with Crippen LogP contribution >= 0.6 is 0 Å². The van der Waals surface area contributed by atoms with Crippen LogP contribution in [0.1, 0.15) is 26.7 Å². The number of hydrogen-bond donors (Lipinski definition) is 1. The summed E-state index contributed by atoms with van der Waals surface area (Å²) < 4.78 is 0. The number of primary amides is 1. The van der Waals surface area contributed by atoms with Crippen LogP contribution in [0.3, 0.4) is 0 Å². The topological polar surface area (TPSA) is 46.3 Å². The molecular formula is C22H34N2O. The Morgan fingerprint density at radius 2 is 1.68 bits per heavy atom. The number of nitrogens with zero attached hydrogens (tertiary/aromatic N) is 1. The van der Waals surface area contributed by atoms with Gasteiger partial charge in [-0.3, -0.25) is 9.69 Å². The highest BCUT2D eigenvalue weighted by atomic mass is 16.1. The molecule has 2 unspecified atom stereocenters. The third-order valence-electron chi connectivity index (χ3n) is 4.39. The number of hydrogen-bond acceptors (Lipinski definition) is 2. The molecule has 0 aromatic carbocycles. The van der Waals surface area contributed by atoms with Gasteiger partial charge in [0.2, 0.25) is 6.41 Å². The predicted molar refractivity (Wildman–Crippen MR) is 110 cm³/mol. The summed E-state index contributed by atoms with van der Waals surface area (Å²) in [5.74, 6) is 1.50. The molecule has 2 atom stereocenters. The van der Waals surface area contributed by atoms with E-state index in [0.29, 0.717) is 0 Å². The van der Waals surface area contributed by atoms with Crippen LogP contribution in [0.4, 0.5) is 0 Å². The Morgan fingerprint density at radius 3 is 2.16 bits per heavy atom. The Balaban J connectivity index is 0.00000178. The van der Waals surface area contributed by atoms with E-state index in [1.807, 2.05) is 18.2 Å². The average molecular weight is 343 g/mol. The zero-order chi connectivity index (χ0) is 19.1. The highest BCUT2D eigenvalue weighted by molar-refractivity contribution is 5.42. The number of amides is 1. The van der Waals surface area contributed by atoms with E-state index in [-0.39, 0.29) is 6.41 Å². The van der Waals surface area contributed by atoms with E-state index >= 15 is 0 Å². The molecule has 0 radical (unpaired) electrons. The first-order chi connectivity index (χ1) is 12.1. The van der Waals surface area contributed by atoms with E-state index in [1.54, 1.807) is 0 Å². The molecule has 0 aliphatic carbocycles. The van der Waals surface area contributed by atoms with E-state index in [2.05, 4.69) is 68.5 Å². The molecule has 1 heterocycles. The van der Waals surface area contributed by atoms with Gasteiger partial charge in [-0.1, -0.05) is 75.6 Å². The second-order valence-electron chi connectivity index (χ2n) is 6.12. The molecule has 1 amide bonds. The van der Waals surface area contributed by atoms with Gasteiger partial charge in [-0.15, -0.1) is 0 Å². The van der Waals surface area contributed by atoms with Gasteiger partial charge in [-0.05, 0) is 36.3 Å². The van der Waals surface area contributed by atoms with E-state index in [0.717, 1.165) is 31.3 Å². The fraction of sp³-hybridized carbons (Fsp3) is 0.409. The first-order valence-corrected chi connectivity index (χ1v) is 8.86. The molecule has 3 nitrogen and oxygen atoms in total. The minimum Gasteiger partial charge on any atom is -0.372 e. The summed E-state index contributed by atoms with van der Waals surface area (Å²) >= 11 is 0. The molecule has 0 aromatic rings. The summed E-state index contributed by atoms with van der Waals surface area (Å²) in [6, 6.07) is 0. The Kier molecular flexibility index (Phi) is 13.0. The first-order valence-electron chi connectivity index (χ1n) is 8.86. The van der Waals surface area contributed by atoms with E-state index in [4.69, 9.17) is 4.79 Å². The van der Waals surface area contributed by atoms with Gasteiger partial charge in [-0.2, -0.15) is 0 Å². The number of likely N-dealkylation sites (tertiary alicyclic amines) is 1. The molecule has 25 heavy (non-hydrogen) atoms. The number of allylic oxidation sites excluding steroid dienone is 7. The lowest BCUT2D eigenvalue weighted by Gasteiger charge is -2.17. The molecule has 1 fully saturated rings. The Bertz CT molecular complexity index is 514. The number of rotatable bonds is 9. The maximum Gasteiger partial charge on any atom is 0.204 e. The van der Waals surface area contributed by atoms with Crippen molar-refractivity contribution in [2.45, 2.75) is 26.7 Å². The summed E-state index contributed by atoms with van der Waals surface area (Å²) in [4.78, 5) is 11.1. The fourth-order valence-corrected chi connectivity index (χ4v) is 3.31. The zero-order valence-electron chi connectivity index (χ0n) is 15.9. The van der Waals surface area contributed by atoms with E-state index < -0.39 is 0 Å². The zero-order valence-corrected chi connectivity index (χ0v) is 15.9. The molecule has 0 bridgehead atoms. The third kappa shape index (κ3) is 9.06. The Labute approximate surface area is 154 Å². The van der Waals surface area contributed by atoms with Crippen molar-refractivity contribution in [1.29, 1.82) is 0 Å². The van der Waals surface area contributed by atoms with Crippen molar-refractivity contribution < 1.29 is 4.79 Å². The normalized spacial score (nSPS) is 21.5. The second kappa shape index (κ2) is 14.2. The van der Waals surface area contributed by atoms with E-state index in [1.165, 1.54) is 24.1 Å². The molecule has 1 aliphatic rings. The van der Waals surface area contributed by atoms with Gasteiger partial charge < -0.3 is 5.73 Å². The third-order valence-corrected chi connectivity index (χ3v) is 4.39. The number of nitrogens with two attached hydrogens (primary N) is 1. The average Bonchev–Trinajstić information content (AvgIpc) is 2.97. The first kappa shape index (κ1) is 22.9. The largest absolute Gasteiger partial charge is 0.372 e. The second-order valence-corrected chi connectivity index (χ2v) is 6.12. The molecule has 0 saturated carbocycles. The van der Waals surface area contributed by atoms with Gasteiger partial charge in [0.15, 0.2) is 0 Å². The Hall–Kier alpha value is -2.13. The van der Waals surface area contributed by atoms with Crippen molar-refractivity contribution in [1.82, 2.24) is 4.90 Å². The molecule has 1 rings (SSSR count). The van der Waals surface area contributed by atoms with E-state index in [9.17, 15) is 0 Å². The summed E-state index contributed by atoms with van der Waals surface area (Å²) in [6.07, 6.45) is 16.8. The lowest BCUT2D eigenvalue weighted by atomic mass is 9.87. The van der Waals surface area contributed by atoms with Crippen LogP contribution in [0.25, 0.3) is 0 Å². The van der Waals surface area contributed by atoms with Gasteiger partial charge in [0.1, 0.15) is 0 Å². The highest BCUT2D eigenvalue weighted by Crippen LogP contribution is 2.32. The molecule has 0 aromatic heterocycles. The van der Waals surface area contributed by atoms with Crippen LogP contribution in [-0.4, -0.2) is 30.9 Å². The molecule has 1 saturated heterocycles. The van der Waals surface area contributed by atoms with Crippen molar-refractivity contribution in [2.75, 3.05) is 19.6 Å². The lowest BCUT2D eigenvalue weighted by molar-refractivity contribution is -0.106. The van der Waals surface area contributed by atoms with Crippen LogP contribution in [0.15, 0.2) is 73.4 Å². The summed E-state index contributed by atoms with van der Waals surface area (Å²) in [7, 11) is 0. The monoisotopic (exact) mass is 342 g/mol.